The van der Waals surface area contributed by atoms with Gasteiger partial charge in [0.05, 0.1) is 29.0 Å². The van der Waals surface area contributed by atoms with Crippen LogP contribution in [0.15, 0.2) is 191 Å². The van der Waals surface area contributed by atoms with Gasteiger partial charge < -0.3 is 4.57 Å². The van der Waals surface area contributed by atoms with Gasteiger partial charge in [0.25, 0.3) is 0 Å². The Labute approximate surface area is 298 Å². The lowest BCUT2D eigenvalue weighted by Crippen LogP contribution is -2.03. The van der Waals surface area contributed by atoms with Gasteiger partial charge in [-0.2, -0.15) is 0 Å². The summed E-state index contributed by atoms with van der Waals surface area (Å²) in [6, 6.07) is 62.5. The number of rotatable bonds is 7. The third-order valence-corrected chi connectivity index (χ3v) is 10.0. The molecule has 1 aliphatic carbocycles. The summed E-state index contributed by atoms with van der Waals surface area (Å²) in [4.78, 5) is 9.99. The Kier molecular flexibility index (Phi) is 7.79. The highest BCUT2D eigenvalue weighted by atomic mass is 15.0. The van der Waals surface area contributed by atoms with Crippen LogP contribution in [0.2, 0.25) is 0 Å². The summed E-state index contributed by atoms with van der Waals surface area (Å²) in [5, 5.41) is 2.52. The van der Waals surface area contributed by atoms with E-state index in [1.165, 1.54) is 55.2 Å². The van der Waals surface area contributed by atoms with Gasteiger partial charge in [0, 0.05) is 39.6 Å². The van der Waals surface area contributed by atoms with Crippen molar-refractivity contribution in [1.82, 2.24) is 4.57 Å². The zero-order valence-electron chi connectivity index (χ0n) is 28.2. The van der Waals surface area contributed by atoms with Crippen molar-refractivity contribution in [2.75, 3.05) is 0 Å². The van der Waals surface area contributed by atoms with Gasteiger partial charge in [0.2, 0.25) is 0 Å². The van der Waals surface area contributed by atoms with E-state index in [1.807, 2.05) is 12.1 Å². The quantitative estimate of drug-likeness (QED) is 0.153. The van der Waals surface area contributed by atoms with Crippen molar-refractivity contribution in [1.29, 1.82) is 0 Å². The van der Waals surface area contributed by atoms with Crippen molar-refractivity contribution >= 4 is 39.9 Å². The van der Waals surface area contributed by atoms with E-state index in [2.05, 4.69) is 180 Å². The lowest BCUT2D eigenvalue weighted by Gasteiger charge is -2.12. The lowest BCUT2D eigenvalue weighted by atomic mass is 9.96. The number of allylic oxidation sites excluding steroid dienone is 1. The molecule has 3 nitrogen and oxygen atoms in total. The summed E-state index contributed by atoms with van der Waals surface area (Å²) in [6.07, 6.45) is 0.716. The standard InChI is InChI=1S/C48H35N3/c1-49-47(36-28-26-35(27-29-36)34-16-6-3-7-17-34)44-31-43-39(22-13-23-42(43)48(44)50-32-33-14-4-2-5-15-33)37-18-12-19-38(30-37)51-45-24-10-8-20-40(45)41-21-9-11-25-46(41)51/h2-30H,1,31-32H2/b47-44-,50-48?. The summed E-state index contributed by atoms with van der Waals surface area (Å²) < 4.78 is 2.38. The highest BCUT2D eigenvalue weighted by Gasteiger charge is 2.29. The van der Waals surface area contributed by atoms with Crippen LogP contribution in [0.3, 0.4) is 0 Å². The molecule has 8 aromatic rings. The molecule has 9 rings (SSSR count). The molecule has 0 unspecified atom stereocenters. The van der Waals surface area contributed by atoms with Crippen LogP contribution in [-0.4, -0.2) is 17.0 Å². The number of fused-ring (bicyclic) bond motifs is 4. The minimum Gasteiger partial charge on any atom is -0.309 e. The Balaban J connectivity index is 1.18. The number of hydrogen-bond donors (Lipinski definition) is 0. The first kappa shape index (κ1) is 30.5. The Hall–Kier alpha value is -6.58. The van der Waals surface area contributed by atoms with Crippen LogP contribution in [0.1, 0.15) is 22.3 Å². The molecule has 0 saturated heterocycles. The van der Waals surface area contributed by atoms with Crippen molar-refractivity contribution < 1.29 is 0 Å². The second-order valence-electron chi connectivity index (χ2n) is 13.0. The summed E-state index contributed by atoms with van der Waals surface area (Å²) >= 11 is 0. The molecule has 0 N–H and O–H groups in total. The van der Waals surface area contributed by atoms with E-state index in [1.54, 1.807) is 0 Å². The summed E-state index contributed by atoms with van der Waals surface area (Å²) in [6.45, 7) is 4.67. The normalized spacial score (nSPS) is 14.2. The molecule has 0 spiro atoms. The first-order valence-corrected chi connectivity index (χ1v) is 17.4. The molecule has 7 aromatic carbocycles. The molecule has 0 fully saturated rings. The second-order valence-corrected chi connectivity index (χ2v) is 13.0. The number of aromatic nitrogens is 1. The van der Waals surface area contributed by atoms with E-state index in [9.17, 15) is 0 Å². The fraction of sp³-hybridized carbons (Fsp3) is 0.0417. The highest BCUT2D eigenvalue weighted by molar-refractivity contribution is 6.21. The number of hydrogen-bond acceptors (Lipinski definition) is 2. The predicted molar refractivity (Wildman–Crippen MR) is 215 cm³/mol. The van der Waals surface area contributed by atoms with E-state index in [0.717, 1.165) is 33.8 Å². The molecule has 242 valence electrons. The Morgan fingerprint density at radius 2 is 1.14 bits per heavy atom. The number of aliphatic imine (C=N–C) groups is 2. The maximum atomic E-state index is 5.30. The highest BCUT2D eigenvalue weighted by Crippen LogP contribution is 2.40. The monoisotopic (exact) mass is 653 g/mol. The third-order valence-electron chi connectivity index (χ3n) is 10.0. The van der Waals surface area contributed by atoms with Gasteiger partial charge in [0.1, 0.15) is 0 Å². The molecular weight excluding hydrogens is 619 g/mol. The number of benzene rings is 7. The van der Waals surface area contributed by atoms with Crippen LogP contribution in [-0.2, 0) is 13.0 Å². The third kappa shape index (κ3) is 5.50. The van der Waals surface area contributed by atoms with Crippen LogP contribution in [0.5, 0.6) is 0 Å². The van der Waals surface area contributed by atoms with Crippen LogP contribution in [0.25, 0.3) is 55.4 Å². The molecule has 0 bridgehead atoms. The van der Waals surface area contributed by atoms with Crippen LogP contribution >= 0.6 is 0 Å². The van der Waals surface area contributed by atoms with E-state index in [-0.39, 0.29) is 0 Å². The Bertz CT molecular complexity index is 2570. The number of nitrogens with zero attached hydrogens (tertiary/aromatic N) is 3. The maximum absolute atomic E-state index is 5.30. The van der Waals surface area contributed by atoms with Crippen molar-refractivity contribution in [3.05, 3.63) is 204 Å². The summed E-state index contributed by atoms with van der Waals surface area (Å²) in [5.41, 5.74) is 15.9. The number of para-hydroxylation sites is 2. The predicted octanol–water partition coefficient (Wildman–Crippen LogP) is 11.8. The molecule has 1 aromatic heterocycles. The van der Waals surface area contributed by atoms with Gasteiger partial charge in [-0.1, -0.05) is 152 Å². The zero-order chi connectivity index (χ0) is 34.1. The molecule has 0 radical (unpaired) electrons. The fourth-order valence-electron chi connectivity index (χ4n) is 7.65. The van der Waals surface area contributed by atoms with Crippen molar-refractivity contribution in [3.63, 3.8) is 0 Å². The topological polar surface area (TPSA) is 29.6 Å². The van der Waals surface area contributed by atoms with E-state index in [0.29, 0.717) is 13.0 Å². The van der Waals surface area contributed by atoms with Gasteiger partial charge >= 0.3 is 0 Å². The maximum Gasteiger partial charge on any atom is 0.0751 e. The molecule has 0 aliphatic heterocycles. The van der Waals surface area contributed by atoms with Gasteiger partial charge in [0.15, 0.2) is 0 Å². The van der Waals surface area contributed by atoms with Gasteiger partial charge in [-0.15, -0.1) is 0 Å². The molecule has 3 heteroatoms. The van der Waals surface area contributed by atoms with Crippen LogP contribution < -0.4 is 0 Å². The SMILES string of the molecule is C=N/C(=C1/Cc2c(cccc2-c2cccc(-n3c4ccccc4c4ccccc43)c2)C1=NCc1ccccc1)c1ccc(-c2ccccc2)cc1. The minimum absolute atomic E-state index is 0.587. The fourth-order valence-corrected chi connectivity index (χ4v) is 7.65. The molecule has 0 saturated carbocycles. The van der Waals surface area contributed by atoms with Gasteiger partial charge in [-0.3, -0.25) is 9.98 Å². The first-order valence-electron chi connectivity index (χ1n) is 17.4. The molecule has 1 heterocycles. The van der Waals surface area contributed by atoms with Crippen LogP contribution in [0.4, 0.5) is 0 Å². The van der Waals surface area contributed by atoms with E-state index >= 15 is 0 Å². The van der Waals surface area contributed by atoms with Gasteiger partial charge in [-0.25, -0.2) is 0 Å². The molecule has 1 aliphatic rings. The first-order chi connectivity index (χ1) is 25.3. The van der Waals surface area contributed by atoms with E-state index < -0.39 is 0 Å². The van der Waals surface area contributed by atoms with Crippen molar-refractivity contribution in [2.45, 2.75) is 13.0 Å². The molecule has 51 heavy (non-hydrogen) atoms. The van der Waals surface area contributed by atoms with Crippen LogP contribution in [0, 0.1) is 0 Å². The largest absolute Gasteiger partial charge is 0.309 e. The zero-order valence-corrected chi connectivity index (χ0v) is 28.2. The summed E-state index contributed by atoms with van der Waals surface area (Å²) in [7, 11) is 0. The smallest absolute Gasteiger partial charge is 0.0751 e. The average Bonchev–Trinajstić information content (AvgIpc) is 3.74. The van der Waals surface area contributed by atoms with E-state index in [4.69, 9.17) is 4.99 Å². The molecule has 0 atom stereocenters. The Morgan fingerprint density at radius 1 is 0.549 bits per heavy atom. The minimum atomic E-state index is 0.587. The molecular formula is C48H35N3. The lowest BCUT2D eigenvalue weighted by molar-refractivity contribution is 1.07. The second kappa shape index (κ2) is 13.0. The van der Waals surface area contributed by atoms with Gasteiger partial charge in [-0.05, 0) is 64.4 Å². The summed E-state index contributed by atoms with van der Waals surface area (Å²) in [5.74, 6) is 0. The van der Waals surface area contributed by atoms with Crippen molar-refractivity contribution in [3.8, 4) is 27.9 Å². The van der Waals surface area contributed by atoms with Crippen molar-refractivity contribution in [2.24, 2.45) is 9.98 Å². The average molecular weight is 654 g/mol. The Morgan fingerprint density at radius 3 is 1.84 bits per heavy atom. The molecule has 0 amide bonds.